The second kappa shape index (κ2) is 4.70. The number of dihydropyridines is 1. The molecule has 0 bridgehead atoms. The SMILES string of the molecule is O=[N+]([O-])C1=CC=C(c2ccc3c(c2)[nH]c2ccncc23)CN1. The van der Waals surface area contributed by atoms with E-state index in [0.717, 1.165) is 32.9 Å². The second-order valence-corrected chi connectivity index (χ2v) is 5.16. The number of hydrogen-bond donors (Lipinski definition) is 2. The first-order valence-electron chi connectivity index (χ1n) is 6.87. The largest absolute Gasteiger partial charge is 0.358 e. The molecule has 0 atom stereocenters. The Kier molecular flexibility index (Phi) is 2.69. The van der Waals surface area contributed by atoms with E-state index in [0.29, 0.717) is 6.54 Å². The van der Waals surface area contributed by atoms with Gasteiger partial charge in [-0.15, -0.1) is 0 Å². The molecule has 1 aliphatic heterocycles. The van der Waals surface area contributed by atoms with Gasteiger partial charge in [0.05, 0.1) is 0 Å². The fourth-order valence-electron chi connectivity index (χ4n) is 2.75. The van der Waals surface area contributed by atoms with Crippen molar-refractivity contribution >= 4 is 27.4 Å². The molecule has 1 aromatic carbocycles. The lowest BCUT2D eigenvalue weighted by molar-refractivity contribution is -0.431. The highest BCUT2D eigenvalue weighted by Crippen LogP contribution is 2.28. The number of nitro groups is 1. The molecule has 22 heavy (non-hydrogen) atoms. The molecule has 2 N–H and O–H groups in total. The van der Waals surface area contributed by atoms with Crippen LogP contribution in [0.5, 0.6) is 0 Å². The van der Waals surface area contributed by atoms with Gasteiger partial charge in [-0.05, 0) is 28.7 Å². The number of nitrogens with one attached hydrogen (secondary N) is 2. The zero-order chi connectivity index (χ0) is 15.1. The molecule has 2 aromatic heterocycles. The van der Waals surface area contributed by atoms with Crippen LogP contribution < -0.4 is 5.32 Å². The molecule has 1 aliphatic rings. The van der Waals surface area contributed by atoms with Crippen molar-refractivity contribution in [2.24, 2.45) is 0 Å². The van der Waals surface area contributed by atoms with E-state index in [-0.39, 0.29) is 5.82 Å². The van der Waals surface area contributed by atoms with Gasteiger partial charge in [0.15, 0.2) is 0 Å². The van der Waals surface area contributed by atoms with E-state index in [1.165, 1.54) is 6.08 Å². The molecule has 3 aromatic rings. The van der Waals surface area contributed by atoms with Crippen LogP contribution in [-0.4, -0.2) is 21.4 Å². The fourth-order valence-corrected chi connectivity index (χ4v) is 2.75. The van der Waals surface area contributed by atoms with Gasteiger partial charge in [-0.3, -0.25) is 10.3 Å². The third-order valence-electron chi connectivity index (χ3n) is 3.87. The summed E-state index contributed by atoms with van der Waals surface area (Å²) in [6, 6.07) is 8.09. The Morgan fingerprint density at radius 1 is 1.14 bits per heavy atom. The predicted molar refractivity (Wildman–Crippen MR) is 84.7 cm³/mol. The van der Waals surface area contributed by atoms with Gasteiger partial charge in [-0.25, -0.2) is 0 Å². The molecule has 4 rings (SSSR count). The fraction of sp³-hybridized carbons (Fsp3) is 0.0625. The van der Waals surface area contributed by atoms with Crippen molar-refractivity contribution in [1.29, 1.82) is 0 Å². The Hall–Kier alpha value is -3.15. The van der Waals surface area contributed by atoms with Gasteiger partial charge in [0.1, 0.15) is 6.54 Å². The number of fused-ring (bicyclic) bond motifs is 3. The van der Waals surface area contributed by atoms with E-state index in [1.54, 1.807) is 12.3 Å². The topological polar surface area (TPSA) is 83.8 Å². The summed E-state index contributed by atoms with van der Waals surface area (Å²) < 4.78 is 0. The van der Waals surface area contributed by atoms with E-state index >= 15 is 0 Å². The van der Waals surface area contributed by atoms with Crippen molar-refractivity contribution in [2.75, 3.05) is 6.54 Å². The van der Waals surface area contributed by atoms with Gasteiger partial charge in [0.25, 0.3) is 0 Å². The van der Waals surface area contributed by atoms with E-state index in [2.05, 4.69) is 27.4 Å². The number of benzene rings is 1. The molecule has 0 fully saturated rings. The number of allylic oxidation sites excluding steroid dienone is 2. The average molecular weight is 292 g/mol. The molecule has 3 heterocycles. The molecule has 0 unspecified atom stereocenters. The molecule has 0 radical (unpaired) electrons. The van der Waals surface area contributed by atoms with Gasteiger partial charge in [0, 0.05) is 45.8 Å². The van der Waals surface area contributed by atoms with Crippen LogP contribution in [0.15, 0.2) is 54.6 Å². The van der Waals surface area contributed by atoms with E-state index in [4.69, 9.17) is 0 Å². The summed E-state index contributed by atoms with van der Waals surface area (Å²) in [5.41, 5.74) is 4.14. The summed E-state index contributed by atoms with van der Waals surface area (Å²) >= 11 is 0. The maximum Gasteiger partial charge on any atom is 0.316 e. The Bertz CT molecular complexity index is 969. The maximum atomic E-state index is 10.7. The van der Waals surface area contributed by atoms with E-state index in [1.807, 2.05) is 18.3 Å². The first-order valence-corrected chi connectivity index (χ1v) is 6.87. The minimum Gasteiger partial charge on any atom is -0.358 e. The Labute approximate surface area is 125 Å². The molecule has 6 nitrogen and oxygen atoms in total. The number of rotatable bonds is 2. The third-order valence-corrected chi connectivity index (χ3v) is 3.87. The lowest BCUT2D eigenvalue weighted by Crippen LogP contribution is -2.24. The number of aromatic amines is 1. The van der Waals surface area contributed by atoms with Gasteiger partial charge in [-0.2, -0.15) is 0 Å². The monoisotopic (exact) mass is 292 g/mol. The maximum absolute atomic E-state index is 10.7. The highest BCUT2D eigenvalue weighted by atomic mass is 16.6. The van der Waals surface area contributed by atoms with Crippen molar-refractivity contribution in [1.82, 2.24) is 15.3 Å². The summed E-state index contributed by atoms with van der Waals surface area (Å²) in [5, 5.41) is 15.7. The van der Waals surface area contributed by atoms with Crippen molar-refractivity contribution in [3.8, 4) is 0 Å². The van der Waals surface area contributed by atoms with Crippen LogP contribution in [0.1, 0.15) is 5.56 Å². The third kappa shape index (κ3) is 1.93. The van der Waals surface area contributed by atoms with Crippen LogP contribution in [0, 0.1) is 10.1 Å². The molecule has 6 heteroatoms. The Morgan fingerprint density at radius 3 is 2.82 bits per heavy atom. The summed E-state index contributed by atoms with van der Waals surface area (Å²) in [6.45, 7) is 0.445. The van der Waals surface area contributed by atoms with Crippen molar-refractivity contribution in [3.63, 3.8) is 0 Å². The lowest BCUT2D eigenvalue weighted by Gasteiger charge is -2.11. The Balaban J connectivity index is 1.80. The smallest absolute Gasteiger partial charge is 0.316 e. The zero-order valence-electron chi connectivity index (χ0n) is 11.5. The predicted octanol–water partition coefficient (Wildman–Crippen LogP) is 2.82. The number of H-pyrrole nitrogens is 1. The molecule has 0 saturated carbocycles. The molecule has 0 aliphatic carbocycles. The number of aromatic nitrogens is 2. The highest BCUT2D eigenvalue weighted by Gasteiger charge is 2.15. The molecule has 108 valence electrons. The molecule has 0 spiro atoms. The van der Waals surface area contributed by atoms with Crippen LogP contribution in [0.3, 0.4) is 0 Å². The van der Waals surface area contributed by atoms with Crippen molar-refractivity contribution in [3.05, 3.63) is 70.3 Å². The number of nitrogens with zero attached hydrogens (tertiary/aromatic N) is 2. The van der Waals surface area contributed by atoms with Gasteiger partial charge >= 0.3 is 5.82 Å². The minimum atomic E-state index is -0.416. The number of pyridine rings is 1. The summed E-state index contributed by atoms with van der Waals surface area (Å²) in [6.07, 6.45) is 6.90. The Morgan fingerprint density at radius 2 is 2.05 bits per heavy atom. The van der Waals surface area contributed by atoms with Gasteiger partial charge < -0.3 is 15.1 Å². The standard InChI is InChI=1S/C16H12N4O2/c21-20(22)16-4-2-11(8-18-16)10-1-3-12-13-9-17-6-5-14(13)19-15(12)7-10/h1-7,9,18-19H,8H2. The quantitative estimate of drug-likeness (QED) is 0.562. The number of hydrogen-bond acceptors (Lipinski definition) is 4. The normalized spacial score (nSPS) is 14.5. The molecule has 0 saturated heterocycles. The molecule has 0 amide bonds. The van der Waals surface area contributed by atoms with Gasteiger partial charge in [-0.1, -0.05) is 12.1 Å². The second-order valence-electron chi connectivity index (χ2n) is 5.16. The average Bonchev–Trinajstić information content (AvgIpc) is 2.92. The van der Waals surface area contributed by atoms with Gasteiger partial charge in [0.2, 0.25) is 0 Å². The van der Waals surface area contributed by atoms with Crippen LogP contribution in [0.4, 0.5) is 0 Å². The van der Waals surface area contributed by atoms with Crippen LogP contribution in [0.2, 0.25) is 0 Å². The lowest BCUT2D eigenvalue weighted by atomic mass is 10.0. The van der Waals surface area contributed by atoms with E-state index in [9.17, 15) is 10.1 Å². The first kappa shape index (κ1) is 12.6. The first-order chi connectivity index (χ1) is 10.7. The molecular formula is C16H12N4O2. The van der Waals surface area contributed by atoms with Crippen LogP contribution in [0.25, 0.3) is 27.4 Å². The zero-order valence-corrected chi connectivity index (χ0v) is 11.5. The molecular weight excluding hydrogens is 280 g/mol. The summed E-state index contributed by atoms with van der Waals surface area (Å²) in [5.74, 6) is 0.0292. The van der Waals surface area contributed by atoms with Crippen LogP contribution >= 0.6 is 0 Å². The van der Waals surface area contributed by atoms with Crippen molar-refractivity contribution < 1.29 is 4.92 Å². The summed E-state index contributed by atoms with van der Waals surface area (Å²) in [4.78, 5) is 17.8. The van der Waals surface area contributed by atoms with Crippen molar-refractivity contribution in [2.45, 2.75) is 0 Å². The van der Waals surface area contributed by atoms with E-state index < -0.39 is 4.92 Å². The minimum absolute atomic E-state index is 0.0292. The summed E-state index contributed by atoms with van der Waals surface area (Å²) in [7, 11) is 0. The van der Waals surface area contributed by atoms with Crippen LogP contribution in [-0.2, 0) is 0 Å². The highest BCUT2D eigenvalue weighted by molar-refractivity contribution is 6.07.